The van der Waals surface area contributed by atoms with Crippen molar-refractivity contribution in [2.75, 3.05) is 31.1 Å². The average molecular weight is 380 g/mol. The minimum absolute atomic E-state index is 0.0555. The van der Waals surface area contributed by atoms with E-state index in [9.17, 15) is 9.59 Å². The first-order valence-electron chi connectivity index (χ1n) is 9.85. The van der Waals surface area contributed by atoms with E-state index in [4.69, 9.17) is 10.5 Å². The van der Waals surface area contributed by atoms with Crippen LogP contribution in [0.4, 0.5) is 5.69 Å². The molecule has 2 aromatic carbocycles. The number of hydrogen-bond donors (Lipinski definition) is 2. The number of nitrogens with zero attached hydrogens (tertiary/aromatic N) is 1. The lowest BCUT2D eigenvalue weighted by atomic mass is 9.96. The molecule has 0 saturated carbocycles. The molecule has 3 N–H and O–H groups in total. The number of likely N-dealkylation sites (tertiary alicyclic amines) is 1. The molecule has 0 spiro atoms. The smallest absolute Gasteiger partial charge is 0.282 e. The van der Waals surface area contributed by atoms with Crippen LogP contribution in [0.1, 0.15) is 24.4 Å². The Bertz CT molecular complexity index is 847. The highest BCUT2D eigenvalue weighted by atomic mass is 16.5. The van der Waals surface area contributed by atoms with E-state index in [0.29, 0.717) is 13.2 Å². The zero-order valence-electron chi connectivity index (χ0n) is 15.8. The molecule has 0 radical (unpaired) electrons. The van der Waals surface area contributed by atoms with E-state index in [1.807, 2.05) is 59.5 Å². The first-order chi connectivity index (χ1) is 13.6. The Hall–Kier alpha value is -2.86. The van der Waals surface area contributed by atoms with E-state index in [1.54, 1.807) is 0 Å². The van der Waals surface area contributed by atoms with Crippen molar-refractivity contribution in [1.29, 1.82) is 0 Å². The van der Waals surface area contributed by atoms with E-state index in [2.05, 4.69) is 0 Å². The molecular weight excluding hydrogens is 354 g/mol. The second kappa shape index (κ2) is 8.02. The summed E-state index contributed by atoms with van der Waals surface area (Å²) in [6, 6.07) is 17.6. The van der Waals surface area contributed by atoms with Crippen LogP contribution in [0.25, 0.3) is 0 Å². The summed E-state index contributed by atoms with van der Waals surface area (Å²) in [5, 5.41) is 0. The summed E-state index contributed by atoms with van der Waals surface area (Å²) in [6.07, 6.45) is 1.50. The van der Waals surface area contributed by atoms with Gasteiger partial charge in [0.2, 0.25) is 5.91 Å². The number of piperidine rings is 1. The molecule has 2 amide bonds. The van der Waals surface area contributed by atoms with Gasteiger partial charge in [0.1, 0.15) is 12.4 Å². The first kappa shape index (κ1) is 18.5. The van der Waals surface area contributed by atoms with Crippen LogP contribution in [-0.2, 0) is 9.59 Å². The van der Waals surface area contributed by atoms with Gasteiger partial charge in [0.15, 0.2) is 6.54 Å². The Morgan fingerprint density at radius 2 is 1.71 bits per heavy atom. The number of primary amides is 1. The summed E-state index contributed by atoms with van der Waals surface area (Å²) in [7, 11) is 0. The lowest BCUT2D eigenvalue weighted by Gasteiger charge is -2.38. The number of nitrogens with two attached hydrogens (primary N) is 1. The van der Waals surface area contributed by atoms with E-state index in [0.717, 1.165) is 42.9 Å². The first-order valence-corrected chi connectivity index (χ1v) is 9.85. The Kier molecular flexibility index (Phi) is 5.30. The lowest BCUT2D eigenvalue weighted by molar-refractivity contribution is -0.897. The molecule has 0 aliphatic carbocycles. The van der Waals surface area contributed by atoms with Gasteiger partial charge in [-0.05, 0) is 17.7 Å². The van der Waals surface area contributed by atoms with Crippen molar-refractivity contribution < 1.29 is 19.2 Å². The van der Waals surface area contributed by atoms with Gasteiger partial charge in [0.05, 0.1) is 24.8 Å². The van der Waals surface area contributed by atoms with Gasteiger partial charge < -0.3 is 15.4 Å². The normalized spacial score (nSPS) is 24.1. The number of para-hydroxylation sites is 2. The number of ether oxygens (including phenoxy) is 1. The topological polar surface area (TPSA) is 77.1 Å². The van der Waals surface area contributed by atoms with Crippen LogP contribution in [-0.4, -0.2) is 38.1 Å². The van der Waals surface area contributed by atoms with Crippen LogP contribution in [0.2, 0.25) is 0 Å². The molecule has 4 rings (SSSR count). The molecule has 0 aromatic heterocycles. The Morgan fingerprint density at radius 1 is 1.04 bits per heavy atom. The third kappa shape index (κ3) is 3.73. The number of rotatable bonds is 4. The van der Waals surface area contributed by atoms with Crippen LogP contribution in [0.15, 0.2) is 54.6 Å². The number of carbonyl (C=O) groups excluding carboxylic acids is 2. The number of anilines is 1. The van der Waals surface area contributed by atoms with Gasteiger partial charge in [-0.25, -0.2) is 0 Å². The molecule has 1 fully saturated rings. The number of quaternary nitrogens is 1. The Balaban J connectivity index is 1.55. The van der Waals surface area contributed by atoms with Crippen molar-refractivity contribution in [3.63, 3.8) is 0 Å². The maximum atomic E-state index is 13.4. The molecule has 0 bridgehead atoms. The van der Waals surface area contributed by atoms with Crippen LogP contribution < -0.4 is 20.3 Å². The standard InChI is InChI=1S/C22H25N3O3/c23-22(27)17-10-12-24(13-11-17)14-21(26)25-18-8-4-5-9-20(18)28-15-19(25)16-6-2-1-3-7-16/h1-9,17,19H,10-15H2,(H2,23,27)/p+1/t19-/m1/s1. The highest BCUT2D eigenvalue weighted by Gasteiger charge is 2.36. The fourth-order valence-electron chi connectivity index (χ4n) is 4.20. The van der Waals surface area contributed by atoms with E-state index in [1.165, 1.54) is 4.90 Å². The minimum Gasteiger partial charge on any atom is -0.489 e. The van der Waals surface area contributed by atoms with Gasteiger partial charge in [-0.15, -0.1) is 0 Å². The van der Waals surface area contributed by atoms with E-state index >= 15 is 0 Å². The van der Waals surface area contributed by atoms with Crippen LogP contribution >= 0.6 is 0 Å². The van der Waals surface area contributed by atoms with Gasteiger partial charge in [-0.1, -0.05) is 42.5 Å². The van der Waals surface area contributed by atoms with Crippen molar-refractivity contribution in [2.24, 2.45) is 11.7 Å². The quantitative estimate of drug-likeness (QED) is 0.829. The predicted octanol–water partition coefficient (Wildman–Crippen LogP) is 0.934. The van der Waals surface area contributed by atoms with Crippen LogP contribution in [0.5, 0.6) is 5.75 Å². The summed E-state index contributed by atoms with van der Waals surface area (Å²) in [5.41, 5.74) is 7.31. The van der Waals surface area contributed by atoms with E-state index in [-0.39, 0.29) is 23.8 Å². The second-order valence-electron chi connectivity index (χ2n) is 7.57. The van der Waals surface area contributed by atoms with Crippen LogP contribution in [0.3, 0.4) is 0 Å². The molecule has 2 aliphatic heterocycles. The number of amides is 2. The van der Waals surface area contributed by atoms with Crippen LogP contribution in [0, 0.1) is 5.92 Å². The minimum atomic E-state index is -0.225. The van der Waals surface area contributed by atoms with Gasteiger partial charge in [-0.2, -0.15) is 0 Å². The second-order valence-corrected chi connectivity index (χ2v) is 7.57. The number of fused-ring (bicyclic) bond motifs is 1. The summed E-state index contributed by atoms with van der Waals surface area (Å²) >= 11 is 0. The molecule has 2 heterocycles. The van der Waals surface area contributed by atoms with E-state index < -0.39 is 0 Å². The Morgan fingerprint density at radius 3 is 2.43 bits per heavy atom. The maximum absolute atomic E-state index is 13.4. The number of hydrogen-bond acceptors (Lipinski definition) is 3. The zero-order valence-corrected chi connectivity index (χ0v) is 15.8. The maximum Gasteiger partial charge on any atom is 0.282 e. The molecule has 146 valence electrons. The van der Waals surface area contributed by atoms with Gasteiger partial charge >= 0.3 is 0 Å². The highest BCUT2D eigenvalue weighted by molar-refractivity contribution is 5.96. The predicted molar refractivity (Wildman–Crippen MR) is 106 cm³/mol. The number of carbonyl (C=O) groups is 2. The van der Waals surface area contributed by atoms with Crippen molar-refractivity contribution in [3.05, 3.63) is 60.2 Å². The molecule has 28 heavy (non-hydrogen) atoms. The summed E-state index contributed by atoms with van der Waals surface area (Å²) in [4.78, 5) is 27.9. The summed E-state index contributed by atoms with van der Waals surface area (Å²) < 4.78 is 5.95. The lowest BCUT2D eigenvalue weighted by Crippen LogP contribution is -3.14. The molecule has 1 saturated heterocycles. The molecule has 6 heteroatoms. The Labute approximate surface area is 164 Å². The van der Waals surface area contributed by atoms with Gasteiger partial charge in [-0.3, -0.25) is 14.5 Å². The number of nitrogens with one attached hydrogen (secondary N) is 1. The summed E-state index contributed by atoms with van der Waals surface area (Å²) in [6.45, 7) is 2.43. The van der Waals surface area contributed by atoms with Crippen molar-refractivity contribution >= 4 is 17.5 Å². The SMILES string of the molecule is NC(=O)C1CC[NH+](CC(=O)N2c3ccccc3OC[C@@H]2c2ccccc2)CC1. The summed E-state index contributed by atoms with van der Waals surface area (Å²) in [5.74, 6) is 0.541. The fraction of sp³-hybridized carbons (Fsp3) is 0.364. The van der Waals surface area contributed by atoms with Crippen molar-refractivity contribution in [2.45, 2.75) is 18.9 Å². The monoisotopic (exact) mass is 380 g/mol. The number of benzene rings is 2. The highest BCUT2D eigenvalue weighted by Crippen LogP contribution is 2.39. The molecule has 2 aromatic rings. The van der Waals surface area contributed by atoms with Gasteiger partial charge in [0.25, 0.3) is 5.91 Å². The molecule has 2 aliphatic rings. The molecule has 0 unspecified atom stereocenters. The van der Waals surface area contributed by atoms with Crippen molar-refractivity contribution in [3.8, 4) is 5.75 Å². The molecular formula is C22H26N3O3+. The zero-order chi connectivity index (χ0) is 19.5. The third-order valence-corrected chi connectivity index (χ3v) is 5.78. The molecule has 6 nitrogen and oxygen atoms in total. The largest absolute Gasteiger partial charge is 0.489 e. The molecule has 1 atom stereocenters. The fourth-order valence-corrected chi connectivity index (χ4v) is 4.20. The van der Waals surface area contributed by atoms with Crippen molar-refractivity contribution in [1.82, 2.24) is 0 Å². The third-order valence-electron chi connectivity index (χ3n) is 5.78. The average Bonchev–Trinajstić information content (AvgIpc) is 2.74. The van der Waals surface area contributed by atoms with Gasteiger partial charge in [0, 0.05) is 18.8 Å².